The maximum absolute atomic E-state index is 10.1. The number of benzene rings is 1. The zero-order chi connectivity index (χ0) is 19.8. The van der Waals surface area contributed by atoms with Crippen LogP contribution < -0.4 is 15.4 Å². The molecule has 164 valence electrons. The second-order valence-corrected chi connectivity index (χ2v) is 8.05. The van der Waals surface area contributed by atoms with E-state index in [0.717, 1.165) is 30.5 Å². The lowest BCUT2D eigenvalue weighted by molar-refractivity contribution is 0.275. The van der Waals surface area contributed by atoms with Gasteiger partial charge in [-0.2, -0.15) is 0 Å². The van der Waals surface area contributed by atoms with Crippen LogP contribution in [0.1, 0.15) is 44.6 Å². The van der Waals surface area contributed by atoms with Crippen LogP contribution >= 0.6 is 24.0 Å². The summed E-state index contributed by atoms with van der Waals surface area (Å²) < 4.78 is 5.14. The Bertz CT molecular complexity index is 650. The van der Waals surface area contributed by atoms with E-state index in [2.05, 4.69) is 22.5 Å². The molecule has 2 fully saturated rings. The molecule has 0 amide bonds. The van der Waals surface area contributed by atoms with Crippen molar-refractivity contribution in [1.82, 2.24) is 15.5 Å². The van der Waals surface area contributed by atoms with Gasteiger partial charge in [-0.3, -0.25) is 4.99 Å². The van der Waals surface area contributed by atoms with E-state index in [0.29, 0.717) is 24.8 Å². The van der Waals surface area contributed by atoms with Crippen LogP contribution in [0.3, 0.4) is 0 Å². The number of rotatable bonds is 8. The van der Waals surface area contributed by atoms with Gasteiger partial charge in [-0.05, 0) is 50.2 Å². The number of nitrogens with zero attached hydrogens (tertiary/aromatic N) is 2. The van der Waals surface area contributed by atoms with E-state index in [1.54, 1.807) is 13.2 Å². The summed E-state index contributed by atoms with van der Waals surface area (Å²) in [6.07, 6.45) is 7.54. The summed E-state index contributed by atoms with van der Waals surface area (Å²) in [4.78, 5) is 7.34. The maximum atomic E-state index is 10.1. The van der Waals surface area contributed by atoms with Crippen molar-refractivity contribution in [3.05, 3.63) is 23.8 Å². The molecule has 2 aliphatic rings. The van der Waals surface area contributed by atoms with Gasteiger partial charge in [0.15, 0.2) is 5.96 Å². The Morgan fingerprint density at radius 3 is 2.76 bits per heavy atom. The second-order valence-electron chi connectivity index (χ2n) is 8.05. The van der Waals surface area contributed by atoms with Crippen LogP contribution in [-0.4, -0.2) is 61.8 Å². The van der Waals surface area contributed by atoms with Crippen molar-refractivity contribution in [1.29, 1.82) is 0 Å². The van der Waals surface area contributed by atoms with Crippen LogP contribution in [-0.2, 0) is 6.42 Å². The summed E-state index contributed by atoms with van der Waals surface area (Å²) in [6.45, 7) is 7.13. The van der Waals surface area contributed by atoms with Gasteiger partial charge < -0.3 is 25.4 Å². The maximum Gasteiger partial charge on any atom is 0.191 e. The molecule has 1 saturated carbocycles. The van der Waals surface area contributed by atoms with Gasteiger partial charge in [-0.1, -0.05) is 18.9 Å². The van der Waals surface area contributed by atoms with Crippen molar-refractivity contribution < 1.29 is 9.84 Å². The molecule has 1 aromatic rings. The molecule has 1 unspecified atom stereocenters. The van der Waals surface area contributed by atoms with E-state index in [1.807, 2.05) is 12.1 Å². The highest BCUT2D eigenvalue weighted by molar-refractivity contribution is 14.0. The molecule has 0 aromatic heterocycles. The average molecular weight is 516 g/mol. The Morgan fingerprint density at radius 1 is 1.28 bits per heavy atom. The van der Waals surface area contributed by atoms with E-state index < -0.39 is 0 Å². The lowest BCUT2D eigenvalue weighted by Gasteiger charge is -2.21. The van der Waals surface area contributed by atoms with Crippen LogP contribution in [0.5, 0.6) is 11.5 Å². The minimum atomic E-state index is 0. The quantitative estimate of drug-likeness (QED) is 0.281. The molecular weight excluding hydrogens is 479 g/mol. The molecule has 1 heterocycles. The minimum absolute atomic E-state index is 0. The first-order valence-corrected chi connectivity index (χ1v) is 10.8. The smallest absolute Gasteiger partial charge is 0.191 e. The summed E-state index contributed by atoms with van der Waals surface area (Å²) >= 11 is 0. The molecule has 1 atom stereocenters. The molecule has 3 N–H and O–H groups in total. The highest BCUT2D eigenvalue weighted by Gasteiger charge is 2.26. The van der Waals surface area contributed by atoms with Gasteiger partial charge in [0.25, 0.3) is 0 Å². The van der Waals surface area contributed by atoms with Crippen molar-refractivity contribution >= 4 is 29.9 Å². The fourth-order valence-corrected chi connectivity index (χ4v) is 4.36. The SMILES string of the molecule is CCNC(=NCCc1ccc(OC)cc1O)NC1CCN(CC2CCCC2)C1.I. The number of phenolic OH excluding ortho intramolecular Hbond substituents is 1. The number of nitrogens with one attached hydrogen (secondary N) is 2. The number of aliphatic imine (C=N–C) groups is 1. The fourth-order valence-electron chi connectivity index (χ4n) is 4.36. The van der Waals surface area contributed by atoms with Crippen LogP contribution in [0.25, 0.3) is 0 Å². The monoisotopic (exact) mass is 516 g/mol. The van der Waals surface area contributed by atoms with Crippen molar-refractivity contribution in [2.24, 2.45) is 10.9 Å². The summed E-state index contributed by atoms with van der Waals surface area (Å²) in [6, 6.07) is 5.90. The van der Waals surface area contributed by atoms with E-state index in [9.17, 15) is 5.11 Å². The van der Waals surface area contributed by atoms with Gasteiger partial charge in [0.2, 0.25) is 0 Å². The lowest BCUT2D eigenvalue weighted by atomic mass is 10.1. The highest BCUT2D eigenvalue weighted by Crippen LogP contribution is 2.27. The Kier molecular flexibility index (Phi) is 10.3. The van der Waals surface area contributed by atoms with E-state index >= 15 is 0 Å². The number of hydrogen-bond donors (Lipinski definition) is 3. The number of likely N-dealkylation sites (tertiary alicyclic amines) is 1. The first-order valence-electron chi connectivity index (χ1n) is 10.8. The molecule has 1 aromatic carbocycles. The van der Waals surface area contributed by atoms with Crippen LogP contribution in [0.4, 0.5) is 0 Å². The number of ether oxygens (including phenoxy) is 1. The van der Waals surface area contributed by atoms with Crippen LogP contribution in [0.2, 0.25) is 0 Å². The third-order valence-electron chi connectivity index (χ3n) is 5.89. The minimum Gasteiger partial charge on any atom is -0.508 e. The summed E-state index contributed by atoms with van der Waals surface area (Å²) in [7, 11) is 1.60. The number of phenols is 1. The van der Waals surface area contributed by atoms with Gasteiger partial charge in [0.05, 0.1) is 7.11 Å². The average Bonchev–Trinajstić information content (AvgIpc) is 3.35. The van der Waals surface area contributed by atoms with Crippen molar-refractivity contribution in [2.75, 3.05) is 39.8 Å². The van der Waals surface area contributed by atoms with Crippen molar-refractivity contribution in [2.45, 2.75) is 51.5 Å². The number of guanidine groups is 1. The van der Waals surface area contributed by atoms with Crippen molar-refractivity contribution in [3.8, 4) is 11.5 Å². The topological polar surface area (TPSA) is 69.1 Å². The Hall–Kier alpha value is -1.22. The molecule has 1 aliphatic carbocycles. The largest absolute Gasteiger partial charge is 0.508 e. The summed E-state index contributed by atoms with van der Waals surface area (Å²) in [5.74, 6) is 2.73. The lowest BCUT2D eigenvalue weighted by Crippen LogP contribution is -2.45. The van der Waals surface area contributed by atoms with E-state index in [-0.39, 0.29) is 29.7 Å². The third-order valence-corrected chi connectivity index (χ3v) is 5.89. The van der Waals surface area contributed by atoms with E-state index in [4.69, 9.17) is 9.73 Å². The number of hydrogen-bond acceptors (Lipinski definition) is 4. The van der Waals surface area contributed by atoms with Gasteiger partial charge in [-0.15, -0.1) is 24.0 Å². The number of aromatic hydroxyl groups is 1. The molecule has 7 heteroatoms. The number of methoxy groups -OCH3 is 1. The summed E-state index contributed by atoms with van der Waals surface area (Å²) in [5.41, 5.74) is 0.893. The highest BCUT2D eigenvalue weighted by atomic mass is 127. The molecule has 6 nitrogen and oxygen atoms in total. The van der Waals surface area contributed by atoms with E-state index in [1.165, 1.54) is 45.2 Å². The zero-order valence-corrected chi connectivity index (χ0v) is 20.2. The molecular formula is C22H37IN4O2. The Balaban J connectivity index is 0.00000300. The first-order chi connectivity index (χ1) is 13.7. The molecule has 1 saturated heterocycles. The molecule has 1 aliphatic heterocycles. The Labute approximate surface area is 192 Å². The normalized spacial score (nSPS) is 20.5. The van der Waals surface area contributed by atoms with Gasteiger partial charge in [0, 0.05) is 44.8 Å². The van der Waals surface area contributed by atoms with Crippen LogP contribution in [0, 0.1) is 5.92 Å². The molecule has 3 rings (SSSR count). The van der Waals surface area contributed by atoms with Gasteiger partial charge in [0.1, 0.15) is 11.5 Å². The molecule has 29 heavy (non-hydrogen) atoms. The second kappa shape index (κ2) is 12.5. The van der Waals surface area contributed by atoms with Crippen LogP contribution in [0.15, 0.2) is 23.2 Å². The van der Waals surface area contributed by atoms with Crippen molar-refractivity contribution in [3.63, 3.8) is 0 Å². The predicted molar refractivity (Wildman–Crippen MR) is 130 cm³/mol. The summed E-state index contributed by atoms with van der Waals surface area (Å²) in [5, 5.41) is 17.1. The standard InChI is InChI=1S/C22H36N4O2.HI/c1-3-23-22(24-12-10-18-8-9-20(28-2)14-21(18)27)25-19-11-13-26(16-19)15-17-6-4-5-7-17;/h8-9,14,17,19,27H,3-7,10-13,15-16H2,1-2H3,(H2,23,24,25);1H. The predicted octanol–water partition coefficient (Wildman–Crippen LogP) is 3.38. The molecule has 0 radical (unpaired) electrons. The van der Waals surface area contributed by atoms with Gasteiger partial charge >= 0.3 is 0 Å². The molecule has 0 spiro atoms. The van der Waals surface area contributed by atoms with Gasteiger partial charge in [-0.25, -0.2) is 0 Å². The third kappa shape index (κ3) is 7.51. The first kappa shape index (κ1) is 24.1. The zero-order valence-electron chi connectivity index (χ0n) is 17.8. The molecule has 0 bridgehead atoms. The Morgan fingerprint density at radius 2 is 2.07 bits per heavy atom. The fraction of sp³-hybridized carbons (Fsp3) is 0.682. The number of halogens is 1.